The van der Waals surface area contributed by atoms with Crippen LogP contribution in [0.2, 0.25) is 0 Å². The molecule has 1 heterocycles. The van der Waals surface area contributed by atoms with Gasteiger partial charge in [-0.05, 0) is 79.1 Å². The first-order chi connectivity index (χ1) is 15.3. The van der Waals surface area contributed by atoms with E-state index in [0.717, 1.165) is 49.9 Å². The molecule has 1 amide bonds. The predicted octanol–water partition coefficient (Wildman–Crippen LogP) is 5.35. The van der Waals surface area contributed by atoms with Crippen molar-refractivity contribution in [2.75, 3.05) is 13.1 Å². The molecule has 0 radical (unpaired) electrons. The minimum absolute atomic E-state index is 0.00298. The van der Waals surface area contributed by atoms with E-state index >= 15 is 0 Å². The summed E-state index contributed by atoms with van der Waals surface area (Å²) in [5.74, 6) is -3.14. The van der Waals surface area contributed by atoms with E-state index < -0.39 is 17.6 Å². The van der Waals surface area contributed by atoms with Crippen LogP contribution in [0.25, 0.3) is 0 Å². The van der Waals surface area contributed by atoms with Gasteiger partial charge in [0, 0.05) is 31.6 Å². The third-order valence-corrected chi connectivity index (χ3v) is 6.46. The molecule has 7 heteroatoms. The highest BCUT2D eigenvalue weighted by Gasteiger charge is 2.30. The standard InChI is InChI=1S/C25H29F3N2O2/c1-2-25(27,28)18-5-7-19(8-6-18)32-20-9-11-30(12-10-20)15-17-13-23(26)22(24(29)31)14-21(17)16-3-4-16/h5-8,13-14,16,20H,2-4,9-12,15H2,1H3,(H2,29,31). The van der Waals surface area contributed by atoms with E-state index in [4.69, 9.17) is 10.5 Å². The summed E-state index contributed by atoms with van der Waals surface area (Å²) in [6.07, 6.45) is 3.48. The Morgan fingerprint density at radius 1 is 1.12 bits per heavy atom. The fourth-order valence-corrected chi connectivity index (χ4v) is 4.33. The number of hydrogen-bond donors (Lipinski definition) is 1. The van der Waals surface area contributed by atoms with Crippen LogP contribution in [-0.2, 0) is 12.5 Å². The molecule has 4 nitrogen and oxygen atoms in total. The number of benzene rings is 2. The molecule has 0 unspecified atom stereocenters. The molecular weight excluding hydrogens is 417 g/mol. The van der Waals surface area contributed by atoms with Crippen LogP contribution in [0, 0.1) is 5.82 Å². The van der Waals surface area contributed by atoms with Gasteiger partial charge < -0.3 is 10.5 Å². The Morgan fingerprint density at radius 3 is 2.34 bits per heavy atom. The van der Waals surface area contributed by atoms with E-state index in [9.17, 15) is 18.0 Å². The number of alkyl halides is 2. The summed E-state index contributed by atoms with van der Waals surface area (Å²) in [6.45, 7) is 3.67. The number of primary amides is 1. The molecule has 0 aromatic heterocycles. The molecule has 2 fully saturated rings. The fourth-order valence-electron chi connectivity index (χ4n) is 4.33. The number of ether oxygens (including phenoxy) is 1. The summed E-state index contributed by atoms with van der Waals surface area (Å²) in [5.41, 5.74) is 7.23. The molecule has 4 rings (SSSR count). The van der Waals surface area contributed by atoms with E-state index in [-0.39, 0.29) is 23.7 Å². The van der Waals surface area contributed by atoms with Gasteiger partial charge >= 0.3 is 0 Å². The Morgan fingerprint density at radius 2 is 1.78 bits per heavy atom. The van der Waals surface area contributed by atoms with Crippen molar-refractivity contribution < 1.29 is 22.7 Å². The number of rotatable bonds is 8. The summed E-state index contributed by atoms with van der Waals surface area (Å²) in [7, 11) is 0. The van der Waals surface area contributed by atoms with Crippen molar-refractivity contribution in [3.8, 4) is 5.75 Å². The lowest BCUT2D eigenvalue weighted by atomic mass is 9.97. The first-order valence-corrected chi connectivity index (χ1v) is 11.3. The smallest absolute Gasteiger partial charge is 0.273 e. The van der Waals surface area contributed by atoms with Crippen molar-refractivity contribution in [1.82, 2.24) is 4.90 Å². The maximum atomic E-state index is 14.4. The number of likely N-dealkylation sites (tertiary alicyclic amines) is 1. The summed E-state index contributed by atoms with van der Waals surface area (Å²) in [6, 6.07) is 9.16. The van der Waals surface area contributed by atoms with Crippen LogP contribution in [0.15, 0.2) is 36.4 Å². The number of carbonyl (C=O) groups is 1. The quantitative estimate of drug-likeness (QED) is 0.595. The normalized spacial score (nSPS) is 18.0. The predicted molar refractivity (Wildman–Crippen MR) is 116 cm³/mol. The third kappa shape index (κ3) is 5.09. The second kappa shape index (κ2) is 9.14. The van der Waals surface area contributed by atoms with Gasteiger partial charge in [-0.2, -0.15) is 0 Å². The molecule has 2 aromatic carbocycles. The van der Waals surface area contributed by atoms with Crippen molar-refractivity contribution in [1.29, 1.82) is 0 Å². The average molecular weight is 447 g/mol. The maximum Gasteiger partial charge on any atom is 0.273 e. The Bertz CT molecular complexity index is 966. The summed E-state index contributed by atoms with van der Waals surface area (Å²) < 4.78 is 47.9. The van der Waals surface area contributed by atoms with Gasteiger partial charge in [-0.25, -0.2) is 13.2 Å². The molecule has 2 N–H and O–H groups in total. The van der Waals surface area contributed by atoms with Crippen LogP contribution < -0.4 is 10.5 Å². The van der Waals surface area contributed by atoms with E-state index in [1.807, 2.05) is 0 Å². The van der Waals surface area contributed by atoms with Gasteiger partial charge in [0.25, 0.3) is 11.8 Å². The minimum Gasteiger partial charge on any atom is -0.490 e. The number of nitrogens with two attached hydrogens (primary N) is 1. The Labute approximate surface area is 186 Å². The lowest BCUT2D eigenvalue weighted by Crippen LogP contribution is -2.38. The molecule has 0 spiro atoms. The Balaban J connectivity index is 1.35. The Hall–Kier alpha value is -2.54. The van der Waals surface area contributed by atoms with Crippen LogP contribution in [0.1, 0.15) is 72.0 Å². The molecule has 1 aliphatic carbocycles. The van der Waals surface area contributed by atoms with Gasteiger partial charge in [-0.1, -0.05) is 6.92 Å². The molecule has 32 heavy (non-hydrogen) atoms. The topological polar surface area (TPSA) is 55.6 Å². The van der Waals surface area contributed by atoms with Crippen molar-refractivity contribution >= 4 is 5.91 Å². The van der Waals surface area contributed by atoms with Gasteiger partial charge in [0.15, 0.2) is 0 Å². The Kier molecular flexibility index (Phi) is 6.47. The number of hydrogen-bond acceptors (Lipinski definition) is 3. The van der Waals surface area contributed by atoms with Gasteiger partial charge in [0.05, 0.1) is 5.56 Å². The van der Waals surface area contributed by atoms with Gasteiger partial charge in [-0.15, -0.1) is 0 Å². The zero-order valence-electron chi connectivity index (χ0n) is 18.3. The molecule has 1 saturated carbocycles. The molecule has 0 atom stereocenters. The molecule has 1 saturated heterocycles. The number of nitrogens with zero attached hydrogens (tertiary/aromatic N) is 1. The van der Waals surface area contributed by atoms with E-state index in [0.29, 0.717) is 18.2 Å². The summed E-state index contributed by atoms with van der Waals surface area (Å²) in [4.78, 5) is 13.8. The number of carbonyl (C=O) groups excluding carboxylic acids is 1. The molecule has 2 aliphatic rings. The second-order valence-electron chi connectivity index (χ2n) is 8.85. The first kappa shape index (κ1) is 22.6. The van der Waals surface area contributed by atoms with Crippen LogP contribution in [-0.4, -0.2) is 30.0 Å². The average Bonchev–Trinajstić information content (AvgIpc) is 3.61. The van der Waals surface area contributed by atoms with Crippen LogP contribution in [0.5, 0.6) is 5.75 Å². The number of halogens is 3. The van der Waals surface area contributed by atoms with Crippen molar-refractivity contribution in [2.24, 2.45) is 5.73 Å². The molecule has 0 bridgehead atoms. The molecule has 1 aliphatic heterocycles. The van der Waals surface area contributed by atoms with Gasteiger partial charge in [0.1, 0.15) is 17.7 Å². The van der Waals surface area contributed by atoms with Gasteiger partial charge in [-0.3, -0.25) is 9.69 Å². The highest BCUT2D eigenvalue weighted by atomic mass is 19.3. The van der Waals surface area contributed by atoms with Crippen LogP contribution >= 0.6 is 0 Å². The molecule has 2 aromatic rings. The summed E-state index contributed by atoms with van der Waals surface area (Å²) in [5, 5.41) is 0. The third-order valence-electron chi connectivity index (χ3n) is 6.46. The minimum atomic E-state index is -2.82. The van der Waals surface area contributed by atoms with Crippen molar-refractivity contribution in [2.45, 2.75) is 63.5 Å². The monoisotopic (exact) mass is 446 g/mol. The van der Waals surface area contributed by atoms with Crippen molar-refractivity contribution in [3.05, 3.63) is 64.5 Å². The number of piperidine rings is 1. The largest absolute Gasteiger partial charge is 0.490 e. The zero-order chi connectivity index (χ0) is 22.9. The zero-order valence-corrected chi connectivity index (χ0v) is 18.3. The van der Waals surface area contributed by atoms with E-state index in [1.165, 1.54) is 25.1 Å². The SMILES string of the molecule is CCC(F)(F)c1ccc(OC2CCN(Cc3cc(F)c(C(N)=O)cc3C3CC3)CC2)cc1. The highest BCUT2D eigenvalue weighted by Crippen LogP contribution is 2.43. The first-order valence-electron chi connectivity index (χ1n) is 11.3. The van der Waals surface area contributed by atoms with E-state index in [2.05, 4.69) is 4.90 Å². The van der Waals surface area contributed by atoms with Crippen molar-refractivity contribution in [3.63, 3.8) is 0 Å². The molecular formula is C25H29F3N2O2. The summed E-state index contributed by atoms with van der Waals surface area (Å²) >= 11 is 0. The lowest BCUT2D eigenvalue weighted by molar-refractivity contribution is -0.00836. The number of amides is 1. The van der Waals surface area contributed by atoms with E-state index in [1.54, 1.807) is 18.2 Å². The molecule has 172 valence electrons. The fraction of sp³-hybridized carbons (Fsp3) is 0.480. The van der Waals surface area contributed by atoms with Gasteiger partial charge in [0.2, 0.25) is 0 Å². The highest BCUT2D eigenvalue weighted by molar-refractivity contribution is 5.93. The lowest BCUT2D eigenvalue weighted by Gasteiger charge is -2.32. The van der Waals surface area contributed by atoms with Crippen LogP contribution in [0.4, 0.5) is 13.2 Å². The van der Waals surface area contributed by atoms with Crippen LogP contribution in [0.3, 0.4) is 0 Å². The maximum absolute atomic E-state index is 14.4. The second-order valence-corrected chi connectivity index (χ2v) is 8.85.